The van der Waals surface area contributed by atoms with Crippen molar-refractivity contribution in [3.05, 3.63) is 52.9 Å². The lowest BCUT2D eigenvalue weighted by atomic mass is 10.2. The highest BCUT2D eigenvalue weighted by atomic mass is 79.9. The zero-order valence-electron chi connectivity index (χ0n) is 16.2. The fraction of sp³-hybridized carbons (Fsp3) is 0.300. The monoisotopic (exact) mass is 489 g/mol. The molecule has 2 amide bonds. The van der Waals surface area contributed by atoms with Crippen LogP contribution in [0.25, 0.3) is 5.65 Å². The number of rotatable bonds is 7. The molecule has 1 atom stereocenters. The molecule has 2 aromatic heterocycles. The minimum Gasteiger partial charge on any atom is -0.482 e. The average Bonchev–Trinajstić information content (AvgIpc) is 3.17. The summed E-state index contributed by atoms with van der Waals surface area (Å²) in [4.78, 5) is 26.8. The van der Waals surface area contributed by atoms with Crippen LogP contribution in [0.1, 0.15) is 18.3 Å². The van der Waals surface area contributed by atoms with E-state index in [0.29, 0.717) is 23.7 Å². The zero-order valence-corrected chi connectivity index (χ0v) is 18.6. The Morgan fingerprint density at radius 1 is 1.33 bits per heavy atom. The van der Waals surface area contributed by atoms with E-state index in [1.165, 1.54) is 4.90 Å². The van der Waals surface area contributed by atoms with E-state index in [0.717, 1.165) is 15.9 Å². The summed E-state index contributed by atoms with van der Waals surface area (Å²) in [5, 5.41) is 11.5. The Labute approximate surface area is 186 Å². The lowest BCUT2D eigenvalue weighted by molar-refractivity contribution is -0.125. The van der Waals surface area contributed by atoms with Gasteiger partial charge in [-0.25, -0.2) is 0 Å². The predicted molar refractivity (Wildman–Crippen MR) is 119 cm³/mol. The predicted octanol–water partition coefficient (Wildman–Crippen LogP) is 2.83. The van der Waals surface area contributed by atoms with E-state index in [-0.39, 0.29) is 31.0 Å². The summed E-state index contributed by atoms with van der Waals surface area (Å²) in [6.07, 6.45) is 4.59. The van der Waals surface area contributed by atoms with Gasteiger partial charge in [0.2, 0.25) is 5.91 Å². The van der Waals surface area contributed by atoms with Crippen molar-refractivity contribution >= 4 is 50.8 Å². The van der Waals surface area contributed by atoms with Gasteiger partial charge in [-0.05, 0) is 48.8 Å². The Bertz CT molecular complexity index is 1090. The number of halogens is 1. The summed E-state index contributed by atoms with van der Waals surface area (Å²) in [6.45, 7) is -0.190. The minimum atomic E-state index is -0.317. The third kappa shape index (κ3) is 4.29. The Morgan fingerprint density at radius 3 is 3.03 bits per heavy atom. The van der Waals surface area contributed by atoms with Gasteiger partial charge >= 0.3 is 0 Å². The molecule has 1 aromatic carbocycles. The molecule has 4 rings (SSSR count). The maximum Gasteiger partial charge on any atom is 0.265 e. The molecule has 30 heavy (non-hydrogen) atoms. The highest BCUT2D eigenvalue weighted by molar-refractivity contribution is 9.10. The number of anilines is 1. The Morgan fingerprint density at radius 2 is 2.20 bits per heavy atom. The third-order valence-electron chi connectivity index (χ3n) is 4.76. The van der Waals surface area contributed by atoms with Crippen LogP contribution in [0.15, 0.2) is 47.1 Å². The molecule has 0 fully saturated rings. The normalized spacial score (nSPS) is 14.3. The van der Waals surface area contributed by atoms with Gasteiger partial charge in [0.25, 0.3) is 5.91 Å². The number of amides is 2. The first kappa shape index (κ1) is 20.7. The Kier molecular flexibility index (Phi) is 6.24. The number of benzene rings is 1. The molecule has 0 spiro atoms. The van der Waals surface area contributed by atoms with Gasteiger partial charge in [-0.2, -0.15) is 11.8 Å². The van der Waals surface area contributed by atoms with E-state index < -0.39 is 0 Å². The number of carbonyl (C=O) groups is 2. The summed E-state index contributed by atoms with van der Waals surface area (Å²) in [5.41, 5.74) is 1.30. The van der Waals surface area contributed by atoms with Crippen molar-refractivity contribution in [2.24, 2.45) is 0 Å². The van der Waals surface area contributed by atoms with Gasteiger partial charge in [0.05, 0.1) is 11.7 Å². The highest BCUT2D eigenvalue weighted by Gasteiger charge is 2.29. The molecular weight excluding hydrogens is 470 g/mol. The summed E-state index contributed by atoms with van der Waals surface area (Å²) in [7, 11) is 0. The SMILES string of the molecule is CSCCC(NC(=O)CN1C(=O)COc2cc(Br)ccc21)c1nnc2ccccn12. The molecule has 3 heterocycles. The Hall–Kier alpha value is -2.59. The lowest BCUT2D eigenvalue weighted by Crippen LogP contribution is -2.46. The number of thioether (sulfide) groups is 1. The number of pyridine rings is 1. The smallest absolute Gasteiger partial charge is 0.265 e. The van der Waals surface area contributed by atoms with Crippen LogP contribution >= 0.6 is 27.7 Å². The van der Waals surface area contributed by atoms with Crippen LogP contribution < -0.4 is 15.0 Å². The molecule has 0 radical (unpaired) electrons. The number of aromatic nitrogens is 3. The lowest BCUT2D eigenvalue weighted by Gasteiger charge is -2.29. The van der Waals surface area contributed by atoms with E-state index >= 15 is 0 Å². The molecule has 0 bridgehead atoms. The van der Waals surface area contributed by atoms with Gasteiger partial charge in [-0.3, -0.25) is 18.9 Å². The van der Waals surface area contributed by atoms with Crippen LogP contribution in [0.2, 0.25) is 0 Å². The standard InChI is InChI=1S/C20H20BrN5O3S/c1-30-9-7-14(20-24-23-17-4-2-3-8-25(17)20)22-18(27)11-26-15-6-5-13(21)10-16(15)29-12-19(26)28/h2-6,8,10,14H,7,9,11-12H2,1H3,(H,22,27). The van der Waals surface area contributed by atoms with Crippen LogP contribution in [0.4, 0.5) is 5.69 Å². The first-order valence-electron chi connectivity index (χ1n) is 9.37. The van der Waals surface area contributed by atoms with Crippen molar-refractivity contribution in [1.29, 1.82) is 0 Å². The molecule has 1 aliphatic heterocycles. The van der Waals surface area contributed by atoms with E-state index in [1.54, 1.807) is 23.9 Å². The topological polar surface area (TPSA) is 88.8 Å². The van der Waals surface area contributed by atoms with Gasteiger partial charge in [0.15, 0.2) is 18.1 Å². The molecule has 156 valence electrons. The van der Waals surface area contributed by atoms with Crippen molar-refractivity contribution in [2.75, 3.05) is 30.1 Å². The molecule has 0 aliphatic carbocycles. The van der Waals surface area contributed by atoms with Crippen molar-refractivity contribution in [3.63, 3.8) is 0 Å². The average molecular weight is 490 g/mol. The summed E-state index contributed by atoms with van der Waals surface area (Å²) >= 11 is 5.09. The molecule has 3 aromatic rings. The summed E-state index contributed by atoms with van der Waals surface area (Å²) in [6, 6.07) is 10.7. The molecule has 1 aliphatic rings. The molecule has 0 saturated heterocycles. The summed E-state index contributed by atoms with van der Waals surface area (Å²) < 4.78 is 8.21. The second-order valence-corrected chi connectivity index (χ2v) is 8.67. The van der Waals surface area contributed by atoms with Crippen LogP contribution in [-0.4, -0.2) is 51.6 Å². The van der Waals surface area contributed by atoms with Crippen LogP contribution in [0, 0.1) is 0 Å². The number of ether oxygens (including phenoxy) is 1. The fourth-order valence-electron chi connectivity index (χ4n) is 3.33. The number of fused-ring (bicyclic) bond motifs is 2. The number of carbonyl (C=O) groups excluding carboxylic acids is 2. The van der Waals surface area contributed by atoms with E-state index in [1.807, 2.05) is 41.1 Å². The van der Waals surface area contributed by atoms with Crippen molar-refractivity contribution in [1.82, 2.24) is 19.9 Å². The van der Waals surface area contributed by atoms with E-state index in [9.17, 15) is 9.59 Å². The van der Waals surface area contributed by atoms with Gasteiger partial charge in [0, 0.05) is 10.7 Å². The first-order valence-corrected chi connectivity index (χ1v) is 11.6. The fourth-order valence-corrected chi connectivity index (χ4v) is 4.15. The van der Waals surface area contributed by atoms with Gasteiger partial charge < -0.3 is 10.1 Å². The van der Waals surface area contributed by atoms with E-state index in [4.69, 9.17) is 4.74 Å². The zero-order chi connectivity index (χ0) is 21.1. The highest BCUT2D eigenvalue weighted by Crippen LogP contribution is 2.34. The molecule has 10 heteroatoms. The van der Waals surface area contributed by atoms with Crippen LogP contribution in [0.5, 0.6) is 5.75 Å². The maximum absolute atomic E-state index is 12.9. The summed E-state index contributed by atoms with van der Waals surface area (Å²) in [5.74, 6) is 1.57. The van der Waals surface area contributed by atoms with Crippen molar-refractivity contribution in [2.45, 2.75) is 12.5 Å². The number of nitrogens with one attached hydrogen (secondary N) is 1. The first-order chi connectivity index (χ1) is 14.6. The van der Waals surface area contributed by atoms with Gasteiger partial charge in [-0.1, -0.05) is 22.0 Å². The van der Waals surface area contributed by atoms with E-state index in [2.05, 4.69) is 31.4 Å². The van der Waals surface area contributed by atoms with Crippen LogP contribution in [-0.2, 0) is 9.59 Å². The molecule has 1 N–H and O–H groups in total. The van der Waals surface area contributed by atoms with Crippen LogP contribution in [0.3, 0.4) is 0 Å². The quantitative estimate of drug-likeness (QED) is 0.548. The largest absolute Gasteiger partial charge is 0.482 e. The molecule has 8 nitrogen and oxygen atoms in total. The molecule has 0 saturated carbocycles. The van der Waals surface area contributed by atoms with Gasteiger partial charge in [-0.15, -0.1) is 10.2 Å². The number of nitrogens with zero attached hydrogens (tertiary/aromatic N) is 4. The third-order valence-corrected chi connectivity index (χ3v) is 5.90. The number of hydrogen-bond donors (Lipinski definition) is 1. The molecular formula is C20H20BrN5O3S. The number of hydrogen-bond acceptors (Lipinski definition) is 6. The molecule has 1 unspecified atom stereocenters. The Balaban J connectivity index is 1.54. The van der Waals surface area contributed by atoms with Crippen molar-refractivity contribution in [3.8, 4) is 5.75 Å². The van der Waals surface area contributed by atoms with Gasteiger partial charge in [0.1, 0.15) is 12.3 Å². The second-order valence-electron chi connectivity index (χ2n) is 6.77. The second kappa shape index (κ2) is 9.05. The minimum absolute atomic E-state index is 0.0939. The van der Waals surface area contributed by atoms with Crippen molar-refractivity contribution < 1.29 is 14.3 Å². The maximum atomic E-state index is 12.9.